The molecule has 1 fully saturated rings. The van der Waals surface area contributed by atoms with Gasteiger partial charge in [-0.25, -0.2) is 4.79 Å². The maximum Gasteiger partial charge on any atom is 0.335 e. The number of carboxylic acid groups (broad SMARTS) is 1. The summed E-state index contributed by atoms with van der Waals surface area (Å²) in [6.07, 6.45) is 61.8. The van der Waals surface area contributed by atoms with Gasteiger partial charge >= 0.3 is 23.9 Å². The molecule has 0 aromatic rings. The van der Waals surface area contributed by atoms with E-state index in [-0.39, 0.29) is 25.9 Å². The van der Waals surface area contributed by atoms with Gasteiger partial charge in [-0.15, -0.1) is 0 Å². The number of aliphatic carboxylic acids is 1. The fraction of sp³-hybridized carbons (Fsp3) is 0.642. The number of hydrogen-bond acceptors (Lipinski definition) is 11. The number of aliphatic hydroxyl groups excluding tert-OH is 2. The molecule has 0 amide bonds. The van der Waals surface area contributed by atoms with E-state index < -0.39 is 67.3 Å². The number of allylic oxidation sites excluding steroid dienone is 20. The quantitative estimate of drug-likeness (QED) is 0.0228. The zero-order chi connectivity index (χ0) is 57.5. The maximum absolute atomic E-state index is 13.2. The summed E-state index contributed by atoms with van der Waals surface area (Å²) in [6.45, 7) is 5.70. The summed E-state index contributed by atoms with van der Waals surface area (Å²) in [5.41, 5.74) is 0. The predicted octanol–water partition coefficient (Wildman–Crippen LogP) is 16.0. The van der Waals surface area contributed by atoms with Crippen LogP contribution in [0.1, 0.15) is 226 Å². The monoisotopic (exact) mass is 1100 g/mol. The summed E-state index contributed by atoms with van der Waals surface area (Å²) >= 11 is 0. The van der Waals surface area contributed by atoms with Gasteiger partial charge < -0.3 is 39.0 Å². The van der Waals surface area contributed by atoms with Gasteiger partial charge in [0.1, 0.15) is 18.8 Å². The fourth-order valence-corrected chi connectivity index (χ4v) is 8.44. The average molecular weight is 1100 g/mol. The van der Waals surface area contributed by atoms with Crippen LogP contribution >= 0.6 is 0 Å². The van der Waals surface area contributed by atoms with Crippen molar-refractivity contribution in [2.75, 3.05) is 13.2 Å². The molecule has 1 aliphatic rings. The number of hydrogen-bond donors (Lipinski definition) is 3. The molecule has 3 N–H and O–H groups in total. The van der Waals surface area contributed by atoms with Crippen LogP contribution in [-0.4, -0.2) is 89.2 Å². The molecule has 0 aromatic carbocycles. The van der Waals surface area contributed by atoms with Gasteiger partial charge in [0.15, 0.2) is 24.6 Å². The van der Waals surface area contributed by atoms with Crippen LogP contribution in [0.2, 0.25) is 0 Å². The number of aliphatic hydroxyl groups is 2. The van der Waals surface area contributed by atoms with Crippen LogP contribution in [-0.2, 0) is 42.9 Å². The lowest BCUT2D eigenvalue weighted by molar-refractivity contribution is -0.301. The van der Waals surface area contributed by atoms with Gasteiger partial charge in [-0.05, 0) is 96.3 Å². The number of rotatable bonds is 50. The van der Waals surface area contributed by atoms with Gasteiger partial charge in [0.05, 0.1) is 6.61 Å². The highest BCUT2D eigenvalue weighted by molar-refractivity contribution is 5.74. The molecule has 1 aliphatic heterocycles. The first-order valence-corrected chi connectivity index (χ1v) is 30.5. The Labute approximate surface area is 478 Å². The fourth-order valence-electron chi connectivity index (χ4n) is 8.44. The lowest BCUT2D eigenvalue weighted by Gasteiger charge is -2.40. The van der Waals surface area contributed by atoms with E-state index in [0.717, 1.165) is 89.9 Å². The van der Waals surface area contributed by atoms with Crippen molar-refractivity contribution in [1.29, 1.82) is 0 Å². The van der Waals surface area contributed by atoms with Crippen LogP contribution < -0.4 is 0 Å². The van der Waals surface area contributed by atoms with Gasteiger partial charge in [0.25, 0.3) is 0 Å². The first-order chi connectivity index (χ1) is 38.6. The van der Waals surface area contributed by atoms with Crippen LogP contribution in [0.4, 0.5) is 0 Å². The van der Waals surface area contributed by atoms with Crippen LogP contribution in [0.25, 0.3) is 0 Å². The zero-order valence-electron chi connectivity index (χ0n) is 49.1. The van der Waals surface area contributed by atoms with E-state index in [1.165, 1.54) is 70.6 Å². The van der Waals surface area contributed by atoms with Crippen molar-refractivity contribution in [2.45, 2.75) is 263 Å². The average Bonchev–Trinajstić information content (AvgIpc) is 3.44. The van der Waals surface area contributed by atoms with Gasteiger partial charge in [0.2, 0.25) is 0 Å². The molecule has 79 heavy (non-hydrogen) atoms. The molecule has 1 saturated heterocycles. The Bertz CT molecular complexity index is 1840. The molecule has 6 unspecified atom stereocenters. The second-order valence-corrected chi connectivity index (χ2v) is 20.2. The first kappa shape index (κ1) is 72.1. The molecule has 0 radical (unpaired) electrons. The minimum absolute atomic E-state index is 0.0739. The minimum Gasteiger partial charge on any atom is -0.479 e. The predicted molar refractivity (Wildman–Crippen MR) is 321 cm³/mol. The summed E-state index contributed by atoms with van der Waals surface area (Å²) in [4.78, 5) is 51.2. The van der Waals surface area contributed by atoms with Crippen molar-refractivity contribution in [3.05, 3.63) is 122 Å². The molecule has 1 heterocycles. The van der Waals surface area contributed by atoms with E-state index >= 15 is 0 Å². The Morgan fingerprint density at radius 1 is 0.430 bits per heavy atom. The number of carbonyl (C=O) groups excluding carboxylic acids is 3. The standard InChI is InChI=1S/C67H106O12/c1-4-7-10-13-16-19-22-25-28-29-30-31-34-37-40-43-46-49-52-55-61(70)78-65-63(72)62(71)64(66(73)74)79-67(65)76-57-58(77-60(69)54-51-48-45-42-39-36-33-27-24-21-18-15-12-9-6-3)56-75-59(68)53-50-47-44-41-38-35-32-26-23-20-17-14-11-8-5-2/h7-8,10-11,16-17,19-20,25-26,28,30-32,37-38,40-41,46,49,58,62-65,67,71-72H,4-6,9,12-15,18,21-24,27,29,33-36,39,42-45,47-48,50-57H2,1-3H3,(H,73,74)/b10-7-,11-8-,19-16-,20-17-,28-25-,31-30-,32-26-,40-37-,41-38-,49-46-. The summed E-state index contributed by atoms with van der Waals surface area (Å²) in [5, 5.41) is 31.5. The highest BCUT2D eigenvalue weighted by Gasteiger charge is 2.50. The zero-order valence-corrected chi connectivity index (χ0v) is 49.1. The third-order valence-electron chi connectivity index (χ3n) is 13.0. The molecule has 0 bridgehead atoms. The highest BCUT2D eigenvalue weighted by Crippen LogP contribution is 2.26. The largest absolute Gasteiger partial charge is 0.479 e. The molecule has 0 spiro atoms. The summed E-state index contributed by atoms with van der Waals surface area (Å²) in [6, 6.07) is 0. The number of carboxylic acids is 1. The van der Waals surface area contributed by atoms with Crippen molar-refractivity contribution in [2.24, 2.45) is 0 Å². The SMILES string of the molecule is CC/C=C\C/C=C\C/C=C\C/C=C\C/C=C\C/C=C\CCC(=O)OC1C(OCC(COC(=O)CCCC/C=C\C/C=C\C/C=C\C/C=C\CC)OC(=O)CCCCCCCCCCCCCCCCC)OC(C(=O)O)C(O)C1O. The molecule has 12 nitrogen and oxygen atoms in total. The molecule has 0 aliphatic carbocycles. The first-order valence-electron chi connectivity index (χ1n) is 30.5. The van der Waals surface area contributed by atoms with E-state index in [1.807, 2.05) is 18.2 Å². The lowest BCUT2D eigenvalue weighted by Crippen LogP contribution is -2.61. The molecule has 1 rings (SSSR count). The summed E-state index contributed by atoms with van der Waals surface area (Å²) in [7, 11) is 0. The highest BCUT2D eigenvalue weighted by atomic mass is 16.7. The van der Waals surface area contributed by atoms with Gasteiger partial charge in [-0.2, -0.15) is 0 Å². The lowest BCUT2D eigenvalue weighted by atomic mass is 9.98. The van der Waals surface area contributed by atoms with Crippen LogP contribution in [0.5, 0.6) is 0 Å². The Hall–Kier alpha value is -4.88. The summed E-state index contributed by atoms with van der Waals surface area (Å²) < 4.78 is 28.3. The van der Waals surface area contributed by atoms with Crippen LogP contribution in [0, 0.1) is 0 Å². The molecular weight excluding hydrogens is 997 g/mol. The third kappa shape index (κ3) is 43.6. The van der Waals surface area contributed by atoms with E-state index in [1.54, 1.807) is 0 Å². The van der Waals surface area contributed by atoms with Crippen molar-refractivity contribution >= 4 is 23.9 Å². The number of carbonyl (C=O) groups is 4. The summed E-state index contributed by atoms with van der Waals surface area (Å²) in [5.74, 6) is -3.29. The van der Waals surface area contributed by atoms with Crippen molar-refractivity contribution in [3.63, 3.8) is 0 Å². The molecule has 12 heteroatoms. The van der Waals surface area contributed by atoms with Gasteiger partial charge in [-0.3, -0.25) is 14.4 Å². The van der Waals surface area contributed by atoms with Crippen LogP contribution in [0.15, 0.2) is 122 Å². The second-order valence-electron chi connectivity index (χ2n) is 20.2. The van der Waals surface area contributed by atoms with Crippen molar-refractivity contribution in [3.8, 4) is 0 Å². The van der Waals surface area contributed by atoms with Gasteiger partial charge in [-0.1, -0.05) is 232 Å². The molecule has 0 aromatic heterocycles. The topological polar surface area (TPSA) is 175 Å². The normalized spacial score (nSPS) is 18.7. The van der Waals surface area contributed by atoms with Crippen molar-refractivity contribution < 1.29 is 58.2 Å². The Morgan fingerprint density at radius 2 is 0.823 bits per heavy atom. The van der Waals surface area contributed by atoms with E-state index in [4.69, 9.17) is 23.7 Å². The van der Waals surface area contributed by atoms with Gasteiger partial charge in [0, 0.05) is 19.3 Å². The molecule has 446 valence electrons. The Balaban J connectivity index is 2.75. The van der Waals surface area contributed by atoms with Crippen LogP contribution in [0.3, 0.4) is 0 Å². The number of ether oxygens (including phenoxy) is 5. The van der Waals surface area contributed by atoms with Crippen molar-refractivity contribution in [1.82, 2.24) is 0 Å². The molecule has 6 atom stereocenters. The molecule has 0 saturated carbocycles. The Morgan fingerprint density at radius 3 is 1.27 bits per heavy atom. The second kappa shape index (κ2) is 53.7. The van der Waals surface area contributed by atoms with E-state index in [0.29, 0.717) is 25.7 Å². The maximum atomic E-state index is 13.2. The smallest absolute Gasteiger partial charge is 0.335 e. The number of esters is 3. The minimum atomic E-state index is -1.94. The number of unbranched alkanes of at least 4 members (excludes halogenated alkanes) is 16. The van der Waals surface area contributed by atoms with E-state index in [2.05, 4.69) is 124 Å². The van der Waals surface area contributed by atoms with E-state index in [9.17, 15) is 34.5 Å². The third-order valence-corrected chi connectivity index (χ3v) is 13.0. The molecular formula is C67H106O12. The Kier molecular flexibility index (Phi) is 49.1.